The predicted octanol–water partition coefficient (Wildman–Crippen LogP) is 7.59. The summed E-state index contributed by atoms with van der Waals surface area (Å²) in [6.45, 7) is 20.7. The van der Waals surface area contributed by atoms with Crippen molar-refractivity contribution in [2.75, 3.05) is 0 Å². The van der Waals surface area contributed by atoms with E-state index < -0.39 is 11.2 Å². The maximum atomic E-state index is 13.5. The van der Waals surface area contributed by atoms with E-state index in [1.54, 1.807) is 0 Å². The smallest absolute Gasteiger partial charge is 0.278 e. The van der Waals surface area contributed by atoms with E-state index in [4.69, 9.17) is 0 Å². The van der Waals surface area contributed by atoms with Gasteiger partial charge in [-0.1, -0.05) is 27.7 Å². The molecule has 0 fully saturated rings. The van der Waals surface area contributed by atoms with E-state index in [0.717, 1.165) is 79.7 Å². The molecule has 0 radical (unpaired) electrons. The number of aromatic amines is 1. The number of rotatable bonds is 5. The molecule has 6 heteroatoms. The molecule has 0 spiro atoms. The van der Waals surface area contributed by atoms with Crippen molar-refractivity contribution in [3.63, 3.8) is 0 Å². The molecule has 2 heterocycles. The minimum absolute atomic E-state index is 0.0575. The Hall–Kier alpha value is -3.48. The van der Waals surface area contributed by atoms with E-state index in [1.807, 2.05) is 26.0 Å². The second kappa shape index (κ2) is 10.0. The molecule has 6 rings (SSSR count). The van der Waals surface area contributed by atoms with Crippen LogP contribution in [0.2, 0.25) is 0 Å². The molecule has 232 valence electrons. The number of benzene rings is 2. The van der Waals surface area contributed by atoms with Crippen LogP contribution in [0.25, 0.3) is 16.8 Å². The molecule has 2 aliphatic carbocycles. The van der Waals surface area contributed by atoms with Crippen LogP contribution in [0.3, 0.4) is 0 Å². The summed E-state index contributed by atoms with van der Waals surface area (Å²) in [5, 5.41) is 33.8. The molecule has 3 aliphatic rings. The van der Waals surface area contributed by atoms with Gasteiger partial charge in [-0.25, -0.2) is 4.99 Å². The van der Waals surface area contributed by atoms with Crippen LogP contribution < -0.4 is 0 Å². The lowest BCUT2D eigenvalue weighted by molar-refractivity contribution is -0.112. The highest BCUT2D eigenvalue weighted by Crippen LogP contribution is 2.52. The molecule has 4 atom stereocenters. The van der Waals surface area contributed by atoms with Crippen LogP contribution in [0.15, 0.2) is 17.1 Å². The van der Waals surface area contributed by atoms with Crippen LogP contribution >= 0.6 is 0 Å². The van der Waals surface area contributed by atoms with Crippen LogP contribution in [0.4, 0.5) is 0 Å². The van der Waals surface area contributed by atoms with Crippen LogP contribution in [0, 0.1) is 27.7 Å². The molecule has 44 heavy (non-hydrogen) atoms. The summed E-state index contributed by atoms with van der Waals surface area (Å²) in [7, 11) is 0. The quantitative estimate of drug-likeness (QED) is 0.244. The van der Waals surface area contributed by atoms with Crippen LogP contribution in [-0.2, 0) is 28.8 Å². The number of aromatic nitrogens is 1. The summed E-state index contributed by atoms with van der Waals surface area (Å²) in [4.78, 5) is 21.3. The zero-order chi connectivity index (χ0) is 32.2. The summed E-state index contributed by atoms with van der Waals surface area (Å²) < 4.78 is 0. The number of hydrogen-bond donors (Lipinski definition) is 4. The zero-order valence-electron chi connectivity index (χ0n) is 27.8. The Labute approximate surface area is 261 Å². The monoisotopic (exact) mass is 594 g/mol. The number of allylic oxidation sites excluding steroid dienone is 1. The van der Waals surface area contributed by atoms with Gasteiger partial charge in [-0.3, -0.25) is 4.79 Å². The standard InChI is InChI=1S/C38H46N2O4/c1-11-23-19(5)33-29(17(3)15-37(33,9)43)21(7)31(23)27-13-25(35(41)39-27)26-14-28(40-36(26)42)32-22(8)30-18(4)16-38(10,44)34(30)20(6)24(32)12-2/h13-14,17-18,39,41,43-44H,11-12,15-16H2,1-10H3. The van der Waals surface area contributed by atoms with Gasteiger partial charge >= 0.3 is 0 Å². The molecule has 4 unspecified atom stereocenters. The van der Waals surface area contributed by atoms with E-state index in [0.29, 0.717) is 29.7 Å². The summed E-state index contributed by atoms with van der Waals surface area (Å²) in [6, 6.07) is 1.88. The number of aliphatic imine (C=N–C) groups is 1. The molecule has 0 saturated carbocycles. The maximum absolute atomic E-state index is 13.5. The molecule has 4 N–H and O–H groups in total. The first-order valence-electron chi connectivity index (χ1n) is 16.1. The number of aliphatic hydroxyl groups is 2. The van der Waals surface area contributed by atoms with Gasteiger partial charge in [0.25, 0.3) is 5.91 Å². The lowest BCUT2D eigenvalue weighted by Crippen LogP contribution is -2.20. The molecular weight excluding hydrogens is 548 g/mol. The lowest BCUT2D eigenvalue weighted by Gasteiger charge is -2.25. The summed E-state index contributed by atoms with van der Waals surface area (Å²) >= 11 is 0. The fourth-order valence-electron chi connectivity index (χ4n) is 9.50. The Balaban J connectivity index is 1.49. The second-order valence-electron chi connectivity index (χ2n) is 14.1. The number of nitrogens with zero attached hydrogens (tertiary/aromatic N) is 1. The van der Waals surface area contributed by atoms with E-state index >= 15 is 0 Å². The Kier molecular flexibility index (Phi) is 6.95. The molecule has 3 aromatic rings. The van der Waals surface area contributed by atoms with E-state index in [-0.39, 0.29) is 23.6 Å². The first-order chi connectivity index (χ1) is 20.5. The molecule has 1 aromatic heterocycles. The predicted molar refractivity (Wildman–Crippen MR) is 177 cm³/mol. The Morgan fingerprint density at radius 3 is 1.82 bits per heavy atom. The fraction of sp³-hybridized carbons (Fsp3) is 0.474. The second-order valence-corrected chi connectivity index (χ2v) is 14.1. The third kappa shape index (κ3) is 4.13. The Morgan fingerprint density at radius 2 is 1.32 bits per heavy atom. The van der Waals surface area contributed by atoms with Gasteiger partial charge in [-0.05, 0) is 147 Å². The van der Waals surface area contributed by atoms with E-state index in [1.165, 1.54) is 5.56 Å². The first kappa shape index (κ1) is 30.5. The number of amides is 1. The third-order valence-electron chi connectivity index (χ3n) is 10.9. The van der Waals surface area contributed by atoms with Gasteiger partial charge < -0.3 is 20.3 Å². The van der Waals surface area contributed by atoms with E-state index in [2.05, 4.69) is 65.4 Å². The van der Waals surface area contributed by atoms with Crippen LogP contribution in [0.5, 0.6) is 5.88 Å². The molecule has 1 aliphatic heterocycles. The molecule has 6 nitrogen and oxygen atoms in total. The highest BCUT2D eigenvalue weighted by Gasteiger charge is 2.43. The average Bonchev–Trinajstić information content (AvgIpc) is 3.62. The highest BCUT2D eigenvalue weighted by atomic mass is 16.3. The third-order valence-corrected chi connectivity index (χ3v) is 10.9. The SMILES string of the molecule is CCc1c(C)c2c(c(C)c1C1=NC(=O)C(c3cc(-c4c(C)c5c(c(C)c4CC)C(C)(O)CC5C)[nH]c3O)=C1)C(C)CC2(C)O. The molecule has 0 bridgehead atoms. The van der Waals surface area contributed by atoms with Crippen molar-refractivity contribution in [2.45, 2.75) is 118 Å². The van der Waals surface area contributed by atoms with Crippen LogP contribution in [-0.4, -0.2) is 31.9 Å². The van der Waals surface area contributed by atoms with Crippen molar-refractivity contribution in [3.8, 4) is 17.1 Å². The Bertz CT molecular complexity index is 1830. The number of carbonyl (C=O) groups excluding carboxylic acids is 1. The van der Waals surface area contributed by atoms with Gasteiger partial charge in [0, 0.05) is 22.4 Å². The maximum Gasteiger partial charge on any atom is 0.278 e. The van der Waals surface area contributed by atoms with Crippen molar-refractivity contribution in [2.24, 2.45) is 4.99 Å². The minimum atomic E-state index is -0.882. The minimum Gasteiger partial charge on any atom is -0.494 e. The van der Waals surface area contributed by atoms with Crippen molar-refractivity contribution in [3.05, 3.63) is 78.9 Å². The number of aromatic hydroxyl groups is 1. The van der Waals surface area contributed by atoms with Gasteiger partial charge in [0.2, 0.25) is 0 Å². The number of hydrogen-bond acceptors (Lipinski definition) is 4. The van der Waals surface area contributed by atoms with Crippen molar-refractivity contribution >= 4 is 17.2 Å². The number of carbonyl (C=O) groups is 1. The first-order valence-corrected chi connectivity index (χ1v) is 16.1. The summed E-state index contributed by atoms with van der Waals surface area (Å²) in [5.74, 6) is -0.0284. The van der Waals surface area contributed by atoms with Crippen molar-refractivity contribution in [1.29, 1.82) is 0 Å². The lowest BCUT2D eigenvalue weighted by atomic mass is 9.82. The van der Waals surface area contributed by atoms with Gasteiger partial charge in [0.1, 0.15) is 0 Å². The normalized spacial score (nSPS) is 25.9. The molecule has 2 aromatic carbocycles. The highest BCUT2D eigenvalue weighted by molar-refractivity contribution is 6.36. The van der Waals surface area contributed by atoms with Crippen molar-refractivity contribution in [1.82, 2.24) is 4.98 Å². The van der Waals surface area contributed by atoms with Crippen LogP contribution in [0.1, 0.15) is 133 Å². The average molecular weight is 595 g/mol. The van der Waals surface area contributed by atoms with E-state index in [9.17, 15) is 20.1 Å². The zero-order valence-corrected chi connectivity index (χ0v) is 27.8. The number of nitrogens with one attached hydrogen (secondary N) is 1. The van der Waals surface area contributed by atoms with Gasteiger partial charge in [-0.2, -0.15) is 0 Å². The molecule has 0 saturated heterocycles. The number of H-pyrrole nitrogens is 1. The fourth-order valence-corrected chi connectivity index (χ4v) is 9.50. The van der Waals surface area contributed by atoms with Gasteiger partial charge in [-0.15, -0.1) is 0 Å². The van der Waals surface area contributed by atoms with Gasteiger partial charge in [0.05, 0.1) is 22.5 Å². The van der Waals surface area contributed by atoms with Crippen molar-refractivity contribution < 1.29 is 20.1 Å². The summed E-state index contributed by atoms with van der Waals surface area (Å²) in [6.07, 6.45) is 4.68. The number of fused-ring (bicyclic) bond motifs is 2. The largest absolute Gasteiger partial charge is 0.494 e. The topological polar surface area (TPSA) is 106 Å². The Morgan fingerprint density at radius 1 is 0.841 bits per heavy atom. The molecular formula is C38H46N2O4. The molecule has 1 amide bonds. The van der Waals surface area contributed by atoms with Gasteiger partial charge in [0.15, 0.2) is 5.88 Å². The summed E-state index contributed by atoms with van der Waals surface area (Å²) in [5.41, 5.74) is 13.4.